The average molecular weight is 474 g/mol. The molecule has 0 bridgehead atoms. The van der Waals surface area contributed by atoms with Gasteiger partial charge >= 0.3 is 0 Å². The summed E-state index contributed by atoms with van der Waals surface area (Å²) in [6.07, 6.45) is 6.26. The van der Waals surface area contributed by atoms with Crippen LogP contribution in [-0.2, 0) is 6.42 Å². The molecule has 0 amide bonds. The Morgan fingerprint density at radius 2 is 1.90 bits per heavy atom. The molecule has 1 saturated heterocycles. The Morgan fingerprint density at radius 1 is 1.10 bits per heavy atom. The minimum atomic E-state index is 0.0392. The molecule has 3 aromatic rings. The Kier molecular flexibility index (Phi) is 5.42. The molecule has 1 atom stereocenters. The van der Waals surface area contributed by atoms with Gasteiger partial charge in [-0.2, -0.15) is 0 Å². The number of nitrogens with two attached hydrogens (primary N) is 2. The van der Waals surface area contributed by atoms with Gasteiger partial charge in [-0.25, -0.2) is 9.97 Å². The number of rotatable bonds is 3. The highest BCUT2D eigenvalue weighted by molar-refractivity contribution is 7.99. The molecule has 2 aliphatic rings. The van der Waals surface area contributed by atoms with E-state index in [0.717, 1.165) is 42.3 Å². The Hall–Kier alpha value is -2.13. The summed E-state index contributed by atoms with van der Waals surface area (Å²) in [6.45, 7) is 1.69. The molecule has 1 fully saturated rings. The number of nitrogen functional groups attached to an aromatic ring is 1. The van der Waals surface area contributed by atoms with E-state index in [1.807, 2.05) is 6.07 Å². The summed E-state index contributed by atoms with van der Waals surface area (Å²) in [5, 5.41) is 10.5. The van der Waals surface area contributed by atoms with E-state index in [1.54, 1.807) is 18.5 Å². The maximum Gasteiger partial charge on any atom is 0.245 e. The van der Waals surface area contributed by atoms with Crippen LogP contribution in [0.1, 0.15) is 30.0 Å². The predicted octanol–water partition coefficient (Wildman–Crippen LogP) is 4.15. The van der Waals surface area contributed by atoms with Crippen molar-refractivity contribution in [1.82, 2.24) is 20.2 Å². The third-order valence-electron chi connectivity index (χ3n) is 6.31. The first-order valence-electron chi connectivity index (χ1n) is 10.0. The van der Waals surface area contributed by atoms with E-state index in [4.69, 9.17) is 34.7 Å². The molecular weight excluding hydrogens is 453 g/mol. The second kappa shape index (κ2) is 8.09. The van der Waals surface area contributed by atoms with Crippen LogP contribution >= 0.6 is 35.0 Å². The number of aromatic nitrogens is 4. The first-order valence-corrected chi connectivity index (χ1v) is 11.6. The van der Waals surface area contributed by atoms with Crippen LogP contribution in [0.3, 0.4) is 0 Å². The van der Waals surface area contributed by atoms with Gasteiger partial charge in [-0.1, -0.05) is 41.0 Å². The lowest BCUT2D eigenvalue weighted by Crippen LogP contribution is -2.45. The van der Waals surface area contributed by atoms with E-state index in [9.17, 15) is 0 Å². The van der Waals surface area contributed by atoms with Gasteiger partial charge in [-0.05, 0) is 54.0 Å². The predicted molar refractivity (Wildman–Crippen MR) is 124 cm³/mol. The quantitative estimate of drug-likeness (QED) is 0.583. The van der Waals surface area contributed by atoms with Crippen LogP contribution < -0.4 is 16.4 Å². The number of fused-ring (bicyclic) bond motifs is 1. The van der Waals surface area contributed by atoms with E-state index in [1.165, 1.54) is 22.9 Å². The van der Waals surface area contributed by atoms with Crippen molar-refractivity contribution in [3.05, 3.63) is 57.8 Å². The Balaban J connectivity index is 1.26. The minimum absolute atomic E-state index is 0.0392. The van der Waals surface area contributed by atoms with Crippen LogP contribution in [0.2, 0.25) is 10.0 Å². The van der Waals surface area contributed by atoms with Gasteiger partial charge in [0.25, 0.3) is 0 Å². The molecule has 4 N–H and O–H groups in total. The summed E-state index contributed by atoms with van der Waals surface area (Å²) in [7, 11) is 0. The van der Waals surface area contributed by atoms with Gasteiger partial charge in [-0.3, -0.25) is 0 Å². The molecular formula is C21H21Cl2N7S. The van der Waals surface area contributed by atoms with Crippen LogP contribution in [0.25, 0.3) is 0 Å². The highest BCUT2D eigenvalue weighted by Crippen LogP contribution is 2.51. The fourth-order valence-corrected chi connectivity index (χ4v) is 5.73. The van der Waals surface area contributed by atoms with Crippen LogP contribution in [0.5, 0.6) is 0 Å². The average Bonchev–Trinajstić information content (AvgIpc) is 3.03. The van der Waals surface area contributed by atoms with Gasteiger partial charge in [0.2, 0.25) is 5.95 Å². The second-order valence-electron chi connectivity index (χ2n) is 8.05. The first-order chi connectivity index (χ1) is 14.9. The lowest BCUT2D eigenvalue weighted by molar-refractivity contribution is 0.186. The molecule has 1 aliphatic carbocycles. The van der Waals surface area contributed by atoms with Crippen molar-refractivity contribution in [2.24, 2.45) is 11.1 Å². The van der Waals surface area contributed by atoms with Crippen molar-refractivity contribution in [2.45, 2.75) is 35.2 Å². The van der Waals surface area contributed by atoms with E-state index in [-0.39, 0.29) is 11.5 Å². The SMILES string of the molecule is Nc1nccc(Sc2cnc(N3CCC4(CC3)Cc3cc(Cl)ccc3[C@H]4N)nn2)c1Cl. The number of pyridine rings is 1. The Labute approximate surface area is 194 Å². The number of piperidine rings is 1. The fraction of sp³-hybridized carbons (Fsp3) is 0.333. The molecule has 1 aromatic carbocycles. The lowest BCUT2D eigenvalue weighted by atomic mass is 9.73. The maximum absolute atomic E-state index is 6.67. The Morgan fingerprint density at radius 3 is 2.65 bits per heavy atom. The van der Waals surface area contributed by atoms with Crippen LogP contribution in [0.15, 0.2) is 46.6 Å². The summed E-state index contributed by atoms with van der Waals surface area (Å²) in [4.78, 5) is 11.4. The zero-order valence-electron chi connectivity index (χ0n) is 16.6. The van der Waals surface area contributed by atoms with E-state index >= 15 is 0 Å². The number of anilines is 2. The van der Waals surface area contributed by atoms with Crippen molar-refractivity contribution in [1.29, 1.82) is 0 Å². The molecule has 0 saturated carbocycles. The number of nitrogens with zero attached hydrogens (tertiary/aromatic N) is 5. The highest BCUT2D eigenvalue weighted by Gasteiger charge is 2.46. The van der Waals surface area contributed by atoms with Crippen molar-refractivity contribution >= 4 is 46.7 Å². The van der Waals surface area contributed by atoms with Gasteiger partial charge in [0.1, 0.15) is 10.8 Å². The molecule has 0 radical (unpaired) electrons. The molecule has 5 rings (SSSR count). The molecule has 0 unspecified atom stereocenters. The summed E-state index contributed by atoms with van der Waals surface area (Å²) in [6, 6.07) is 7.90. The standard InChI is InChI=1S/C21H21Cl2N7S/c22-13-1-2-14-12(9-13)10-21(18(14)24)4-7-30(8-5-21)20-27-11-16(28-29-20)31-15-3-6-26-19(25)17(15)23/h1-3,6,9,11,18H,4-5,7-8,10,24H2,(H2,25,26)/t18-/m1/s1. The smallest absolute Gasteiger partial charge is 0.245 e. The van der Waals surface area contributed by atoms with E-state index in [0.29, 0.717) is 21.8 Å². The van der Waals surface area contributed by atoms with Crippen molar-refractivity contribution in [2.75, 3.05) is 23.7 Å². The van der Waals surface area contributed by atoms with Crippen molar-refractivity contribution in [3.8, 4) is 0 Å². The largest absolute Gasteiger partial charge is 0.382 e. The summed E-state index contributed by atoms with van der Waals surface area (Å²) < 4.78 is 0. The molecule has 160 valence electrons. The van der Waals surface area contributed by atoms with Crippen molar-refractivity contribution < 1.29 is 0 Å². The molecule has 1 aliphatic heterocycles. The van der Waals surface area contributed by atoms with Gasteiger partial charge in [-0.15, -0.1) is 10.2 Å². The van der Waals surface area contributed by atoms with Gasteiger partial charge in [0, 0.05) is 35.2 Å². The summed E-state index contributed by atoms with van der Waals surface area (Å²) in [5.41, 5.74) is 15.0. The first kappa shape index (κ1) is 20.8. The monoisotopic (exact) mass is 473 g/mol. The topological polar surface area (TPSA) is 107 Å². The second-order valence-corrected chi connectivity index (χ2v) is 9.93. The van der Waals surface area contributed by atoms with Crippen LogP contribution in [0.4, 0.5) is 11.8 Å². The number of hydrogen-bond donors (Lipinski definition) is 2. The van der Waals surface area contributed by atoms with Gasteiger partial charge < -0.3 is 16.4 Å². The molecule has 2 aromatic heterocycles. The molecule has 3 heterocycles. The highest BCUT2D eigenvalue weighted by atomic mass is 35.5. The molecule has 31 heavy (non-hydrogen) atoms. The fourth-order valence-electron chi connectivity index (χ4n) is 4.57. The lowest BCUT2D eigenvalue weighted by Gasteiger charge is -2.42. The van der Waals surface area contributed by atoms with Gasteiger partial charge in [0.05, 0.1) is 11.2 Å². The van der Waals surface area contributed by atoms with Crippen molar-refractivity contribution in [3.63, 3.8) is 0 Å². The minimum Gasteiger partial charge on any atom is -0.382 e. The van der Waals surface area contributed by atoms with E-state index in [2.05, 4.69) is 37.2 Å². The normalized spacial score (nSPS) is 19.6. The van der Waals surface area contributed by atoms with Crippen LogP contribution in [-0.4, -0.2) is 33.3 Å². The third-order valence-corrected chi connectivity index (χ3v) is 8.01. The maximum atomic E-state index is 6.67. The van der Waals surface area contributed by atoms with Gasteiger partial charge in [0.15, 0.2) is 0 Å². The molecule has 10 heteroatoms. The zero-order chi connectivity index (χ0) is 21.6. The van der Waals surface area contributed by atoms with E-state index < -0.39 is 0 Å². The molecule has 1 spiro atoms. The Bertz CT molecular complexity index is 1120. The third kappa shape index (κ3) is 3.82. The zero-order valence-corrected chi connectivity index (χ0v) is 19.0. The number of halogens is 2. The summed E-state index contributed by atoms with van der Waals surface area (Å²) >= 11 is 13.8. The molecule has 7 nitrogen and oxygen atoms in total. The van der Waals surface area contributed by atoms with Crippen LogP contribution in [0, 0.1) is 5.41 Å². The number of benzene rings is 1. The summed E-state index contributed by atoms with van der Waals surface area (Å²) in [5.74, 6) is 0.924. The number of hydrogen-bond acceptors (Lipinski definition) is 8.